The van der Waals surface area contributed by atoms with Crippen molar-refractivity contribution in [2.24, 2.45) is 0 Å². The third kappa shape index (κ3) is 3.51. The quantitative estimate of drug-likeness (QED) is 0.580. The van der Waals surface area contributed by atoms with Crippen molar-refractivity contribution in [1.29, 1.82) is 0 Å². The maximum Gasteiger partial charge on any atom is 0.0897 e. The maximum absolute atomic E-state index is 3.72. The van der Waals surface area contributed by atoms with Gasteiger partial charge < -0.3 is 14.7 Å². The van der Waals surface area contributed by atoms with E-state index in [1.807, 2.05) is 6.08 Å². The van der Waals surface area contributed by atoms with Crippen LogP contribution in [-0.2, 0) is 0 Å². The minimum atomic E-state index is 0.939. The van der Waals surface area contributed by atoms with Crippen LogP contribution in [0.5, 0.6) is 0 Å². The fourth-order valence-corrected chi connectivity index (χ4v) is 1.27. The molecule has 0 N–H and O–H groups in total. The molecule has 0 spiro atoms. The predicted octanol–water partition coefficient (Wildman–Crippen LogP) is 0.780. The molecule has 0 bridgehead atoms. The molecule has 3 heteroatoms. The summed E-state index contributed by atoms with van der Waals surface area (Å²) >= 11 is 0. The van der Waals surface area contributed by atoms with Crippen molar-refractivity contribution in [3.8, 4) is 0 Å². The van der Waals surface area contributed by atoms with Crippen molar-refractivity contribution >= 4 is 0 Å². The highest BCUT2D eigenvalue weighted by atomic mass is 15.3. The predicted molar refractivity (Wildman–Crippen MR) is 56.2 cm³/mol. The van der Waals surface area contributed by atoms with Crippen LogP contribution < -0.4 is 0 Å². The van der Waals surface area contributed by atoms with Crippen LogP contribution in [0.3, 0.4) is 0 Å². The molecule has 1 aliphatic rings. The normalized spacial score (nSPS) is 15.9. The van der Waals surface area contributed by atoms with Crippen LogP contribution >= 0.6 is 0 Å². The number of hydrogen-bond acceptors (Lipinski definition) is 3. The summed E-state index contributed by atoms with van der Waals surface area (Å²) in [6.45, 7) is 7.86. The molecule has 13 heavy (non-hydrogen) atoms. The number of likely N-dealkylation sites (N-methyl/N-ethyl adjacent to an activating group) is 1. The van der Waals surface area contributed by atoms with E-state index in [1.54, 1.807) is 0 Å². The average molecular weight is 181 g/mol. The molecule has 1 aliphatic heterocycles. The molecule has 74 valence electrons. The highest BCUT2D eigenvalue weighted by Gasteiger charge is 2.09. The van der Waals surface area contributed by atoms with E-state index in [2.05, 4.69) is 47.8 Å². The molecular formula is C10H19N3. The number of hydrogen-bond donors (Lipinski definition) is 0. The lowest BCUT2D eigenvalue weighted by molar-refractivity contribution is 0.254. The Morgan fingerprint density at radius 2 is 2.08 bits per heavy atom. The van der Waals surface area contributed by atoms with Crippen LogP contribution in [-0.4, -0.2) is 55.1 Å². The fraction of sp³-hybridized carbons (Fsp3) is 0.600. The third-order valence-corrected chi connectivity index (χ3v) is 2.05. The fourth-order valence-electron chi connectivity index (χ4n) is 1.27. The van der Waals surface area contributed by atoms with E-state index in [4.69, 9.17) is 0 Å². The lowest BCUT2D eigenvalue weighted by atomic mass is 10.5. The smallest absolute Gasteiger partial charge is 0.0897 e. The Balaban J connectivity index is 2.18. The molecule has 0 aromatic heterocycles. The molecule has 0 amide bonds. The van der Waals surface area contributed by atoms with Gasteiger partial charge in [0, 0.05) is 32.0 Å². The van der Waals surface area contributed by atoms with E-state index in [-0.39, 0.29) is 0 Å². The lowest BCUT2D eigenvalue weighted by Crippen LogP contribution is -2.31. The second-order valence-electron chi connectivity index (χ2n) is 3.62. The second-order valence-corrected chi connectivity index (χ2v) is 3.62. The van der Waals surface area contributed by atoms with Gasteiger partial charge in [-0.25, -0.2) is 0 Å². The van der Waals surface area contributed by atoms with Gasteiger partial charge >= 0.3 is 0 Å². The summed E-state index contributed by atoms with van der Waals surface area (Å²) < 4.78 is 0. The molecule has 1 heterocycles. The molecule has 0 radical (unpaired) electrons. The Bertz CT molecular complexity index is 187. The van der Waals surface area contributed by atoms with Gasteiger partial charge in [-0.15, -0.1) is 6.58 Å². The summed E-state index contributed by atoms with van der Waals surface area (Å²) in [7, 11) is 4.20. The summed E-state index contributed by atoms with van der Waals surface area (Å²) in [5.41, 5.74) is 0. The molecule has 0 aromatic rings. The van der Waals surface area contributed by atoms with Crippen molar-refractivity contribution in [2.75, 3.05) is 40.4 Å². The highest BCUT2D eigenvalue weighted by Crippen LogP contribution is 2.05. The topological polar surface area (TPSA) is 9.72 Å². The molecule has 0 aliphatic carbocycles. The van der Waals surface area contributed by atoms with Crippen LogP contribution in [0.2, 0.25) is 0 Å². The standard InChI is InChI=1S/C10H19N3/c1-4-5-12-8-9-13(10-12)7-6-11(2)3/h4,8-9H,1,5-7,10H2,2-3H3. The zero-order valence-electron chi connectivity index (χ0n) is 8.61. The summed E-state index contributed by atoms with van der Waals surface area (Å²) in [6, 6.07) is 0. The maximum atomic E-state index is 3.72. The Kier molecular flexibility index (Phi) is 3.83. The Labute approximate surface area is 80.9 Å². The second kappa shape index (κ2) is 4.92. The van der Waals surface area contributed by atoms with Crippen molar-refractivity contribution in [3.05, 3.63) is 25.1 Å². The van der Waals surface area contributed by atoms with Gasteiger partial charge in [0.1, 0.15) is 0 Å². The van der Waals surface area contributed by atoms with E-state index in [9.17, 15) is 0 Å². The van der Waals surface area contributed by atoms with E-state index >= 15 is 0 Å². The van der Waals surface area contributed by atoms with Crippen molar-refractivity contribution in [2.45, 2.75) is 0 Å². The molecule has 0 unspecified atom stereocenters. The van der Waals surface area contributed by atoms with Crippen molar-refractivity contribution in [1.82, 2.24) is 14.7 Å². The molecule has 0 aromatic carbocycles. The first-order chi connectivity index (χ1) is 6.22. The molecule has 0 fully saturated rings. The lowest BCUT2D eigenvalue weighted by Gasteiger charge is -2.21. The van der Waals surface area contributed by atoms with Crippen LogP contribution in [0.1, 0.15) is 0 Å². The largest absolute Gasteiger partial charge is 0.357 e. The van der Waals surface area contributed by atoms with Gasteiger partial charge in [0.2, 0.25) is 0 Å². The molecule has 0 saturated carbocycles. The van der Waals surface area contributed by atoms with Gasteiger partial charge in [0.25, 0.3) is 0 Å². The van der Waals surface area contributed by atoms with Crippen LogP contribution in [0.4, 0.5) is 0 Å². The van der Waals surface area contributed by atoms with Crippen LogP contribution in [0.15, 0.2) is 25.1 Å². The third-order valence-electron chi connectivity index (χ3n) is 2.05. The summed E-state index contributed by atoms with van der Waals surface area (Å²) in [4.78, 5) is 6.75. The SMILES string of the molecule is C=CCN1C=CN(CCN(C)C)C1. The number of rotatable bonds is 5. The van der Waals surface area contributed by atoms with Gasteiger partial charge in [0.05, 0.1) is 6.67 Å². The summed E-state index contributed by atoms with van der Waals surface area (Å²) in [6.07, 6.45) is 6.20. The molecule has 0 saturated heterocycles. The molecule has 1 rings (SSSR count). The average Bonchev–Trinajstić information content (AvgIpc) is 2.50. The summed E-state index contributed by atoms with van der Waals surface area (Å²) in [5.74, 6) is 0. The van der Waals surface area contributed by atoms with Gasteiger partial charge in [-0.1, -0.05) is 6.08 Å². The minimum Gasteiger partial charge on any atom is -0.357 e. The van der Waals surface area contributed by atoms with Crippen LogP contribution in [0, 0.1) is 0 Å². The van der Waals surface area contributed by atoms with Gasteiger partial charge in [-0.3, -0.25) is 0 Å². The number of nitrogens with zero attached hydrogens (tertiary/aromatic N) is 3. The van der Waals surface area contributed by atoms with E-state index in [0.29, 0.717) is 0 Å². The highest BCUT2D eigenvalue weighted by molar-refractivity contribution is 4.93. The zero-order chi connectivity index (χ0) is 9.68. The monoisotopic (exact) mass is 181 g/mol. The summed E-state index contributed by atoms with van der Waals surface area (Å²) in [5, 5.41) is 0. The molecule has 3 nitrogen and oxygen atoms in total. The van der Waals surface area contributed by atoms with Gasteiger partial charge in [-0.05, 0) is 14.1 Å². The Morgan fingerprint density at radius 3 is 2.69 bits per heavy atom. The van der Waals surface area contributed by atoms with Crippen molar-refractivity contribution < 1.29 is 0 Å². The van der Waals surface area contributed by atoms with E-state index < -0.39 is 0 Å². The molecule has 0 atom stereocenters. The van der Waals surface area contributed by atoms with Gasteiger partial charge in [0.15, 0.2) is 0 Å². The Morgan fingerprint density at radius 1 is 1.38 bits per heavy atom. The zero-order valence-corrected chi connectivity index (χ0v) is 8.61. The van der Waals surface area contributed by atoms with E-state index in [0.717, 1.165) is 26.3 Å². The van der Waals surface area contributed by atoms with Crippen molar-refractivity contribution in [3.63, 3.8) is 0 Å². The first kappa shape index (κ1) is 10.1. The van der Waals surface area contributed by atoms with E-state index in [1.165, 1.54) is 0 Å². The van der Waals surface area contributed by atoms with Crippen LogP contribution in [0.25, 0.3) is 0 Å². The van der Waals surface area contributed by atoms with Gasteiger partial charge in [-0.2, -0.15) is 0 Å². The first-order valence-electron chi connectivity index (χ1n) is 4.64. The minimum absolute atomic E-state index is 0.939. The Hall–Kier alpha value is -0.960. The first-order valence-corrected chi connectivity index (χ1v) is 4.64. The molecular weight excluding hydrogens is 162 g/mol.